The molecule has 0 bridgehead atoms. The zero-order chi connectivity index (χ0) is 10.6. The van der Waals surface area contributed by atoms with Crippen molar-refractivity contribution in [3.8, 4) is 0 Å². The second-order valence-electron chi connectivity index (χ2n) is 4.64. The maximum absolute atomic E-state index is 11.3. The predicted molar refractivity (Wildman–Crippen MR) is 59.3 cm³/mol. The van der Waals surface area contributed by atoms with Crippen LogP contribution in [0.2, 0.25) is 0 Å². The van der Waals surface area contributed by atoms with Crippen molar-refractivity contribution in [3.05, 3.63) is 0 Å². The average Bonchev–Trinajstić information content (AvgIpc) is 2.18. The number of Topliss-reactive ketones (excluding diaryl/α,β-unsaturated/α-hetero) is 1. The largest absolute Gasteiger partial charge is 0.298 e. The first-order valence-corrected chi connectivity index (χ1v) is 5.87. The lowest BCUT2D eigenvalue weighted by Crippen LogP contribution is -2.41. The molecule has 0 N–H and O–H groups in total. The van der Waals surface area contributed by atoms with Gasteiger partial charge in [-0.05, 0) is 25.8 Å². The van der Waals surface area contributed by atoms with E-state index in [1.54, 1.807) is 0 Å². The molecule has 1 aliphatic carbocycles. The van der Waals surface area contributed by atoms with Gasteiger partial charge < -0.3 is 0 Å². The zero-order valence-electron chi connectivity index (χ0n) is 9.75. The fraction of sp³-hybridized carbons (Fsp3) is 0.917. The van der Waals surface area contributed by atoms with E-state index in [-0.39, 0.29) is 0 Å². The van der Waals surface area contributed by atoms with Crippen LogP contribution in [0.15, 0.2) is 0 Å². The van der Waals surface area contributed by atoms with E-state index in [1.807, 2.05) is 6.92 Å². The van der Waals surface area contributed by atoms with Gasteiger partial charge in [-0.15, -0.1) is 0 Å². The third kappa shape index (κ3) is 3.09. The molecule has 82 valence electrons. The fourth-order valence-electron chi connectivity index (χ4n) is 2.46. The van der Waals surface area contributed by atoms with E-state index in [0.29, 0.717) is 24.8 Å². The number of carbonyl (C=O) groups is 1. The predicted octanol–water partition coefficient (Wildman–Crippen LogP) is 2.48. The molecule has 1 fully saturated rings. The van der Waals surface area contributed by atoms with Gasteiger partial charge in [0.2, 0.25) is 0 Å². The van der Waals surface area contributed by atoms with E-state index in [9.17, 15) is 4.79 Å². The topological polar surface area (TPSA) is 20.3 Å². The summed E-state index contributed by atoms with van der Waals surface area (Å²) in [5.41, 5.74) is 0. The Morgan fingerprint density at radius 2 is 2.00 bits per heavy atom. The highest BCUT2D eigenvalue weighted by Gasteiger charge is 2.25. The Morgan fingerprint density at radius 1 is 1.36 bits per heavy atom. The minimum atomic E-state index is 0.366. The first-order valence-electron chi connectivity index (χ1n) is 5.87. The summed E-state index contributed by atoms with van der Waals surface area (Å²) in [5.74, 6) is 1.13. The van der Waals surface area contributed by atoms with Crippen LogP contribution in [0.25, 0.3) is 0 Å². The molecular weight excluding hydrogens is 174 g/mol. The number of nitrogens with zero attached hydrogens (tertiary/aromatic N) is 1. The summed E-state index contributed by atoms with van der Waals surface area (Å²) in [4.78, 5) is 13.6. The molecule has 0 aromatic heterocycles. The second-order valence-corrected chi connectivity index (χ2v) is 4.64. The lowest BCUT2D eigenvalue weighted by Gasteiger charge is -2.35. The Hall–Kier alpha value is -0.370. The summed E-state index contributed by atoms with van der Waals surface area (Å²) in [5, 5.41) is 0. The van der Waals surface area contributed by atoms with E-state index in [4.69, 9.17) is 0 Å². The molecule has 2 nitrogen and oxygen atoms in total. The van der Waals surface area contributed by atoms with Gasteiger partial charge in [0.1, 0.15) is 5.78 Å². The highest BCUT2D eigenvalue weighted by molar-refractivity contribution is 5.80. The lowest BCUT2D eigenvalue weighted by atomic mass is 9.85. The molecule has 0 amide bonds. The molecule has 2 heteroatoms. The minimum absolute atomic E-state index is 0.366. The molecule has 2 unspecified atom stereocenters. The Balaban J connectivity index is 2.41. The molecule has 0 aromatic rings. The summed E-state index contributed by atoms with van der Waals surface area (Å²) < 4.78 is 0. The molecule has 14 heavy (non-hydrogen) atoms. The number of ketones is 1. The van der Waals surface area contributed by atoms with Crippen LogP contribution in [0.3, 0.4) is 0 Å². The van der Waals surface area contributed by atoms with Crippen molar-refractivity contribution >= 4 is 5.78 Å². The molecule has 1 rings (SSSR count). The maximum Gasteiger partial charge on any atom is 0.146 e. The Bertz CT molecular complexity index is 191. The van der Waals surface area contributed by atoms with Crippen LogP contribution < -0.4 is 0 Å². The van der Waals surface area contributed by atoms with Crippen molar-refractivity contribution in [2.45, 2.75) is 52.0 Å². The number of carbonyl (C=O) groups excluding carboxylic acids is 1. The number of likely N-dealkylation sites (N-methyl/N-ethyl adjacent to an activating group) is 1. The van der Waals surface area contributed by atoms with E-state index in [1.165, 1.54) is 25.7 Å². The molecular formula is C12H23NO. The first kappa shape index (κ1) is 11.7. The Labute approximate surface area is 87.7 Å². The van der Waals surface area contributed by atoms with Gasteiger partial charge in [0, 0.05) is 12.5 Å². The van der Waals surface area contributed by atoms with Crippen molar-refractivity contribution in [1.29, 1.82) is 0 Å². The van der Waals surface area contributed by atoms with Gasteiger partial charge in [-0.2, -0.15) is 0 Å². The third-order valence-corrected chi connectivity index (χ3v) is 3.45. The van der Waals surface area contributed by atoms with Gasteiger partial charge in [-0.3, -0.25) is 9.69 Å². The van der Waals surface area contributed by atoms with Crippen LogP contribution in [0.5, 0.6) is 0 Å². The molecule has 0 heterocycles. The van der Waals surface area contributed by atoms with Crippen molar-refractivity contribution in [1.82, 2.24) is 4.90 Å². The van der Waals surface area contributed by atoms with Crippen molar-refractivity contribution in [3.63, 3.8) is 0 Å². The molecule has 0 spiro atoms. The van der Waals surface area contributed by atoms with E-state index >= 15 is 0 Å². The second kappa shape index (κ2) is 5.50. The van der Waals surface area contributed by atoms with Crippen LogP contribution in [-0.4, -0.2) is 30.3 Å². The van der Waals surface area contributed by atoms with Crippen molar-refractivity contribution < 1.29 is 4.79 Å². The van der Waals surface area contributed by atoms with Gasteiger partial charge in [-0.1, -0.05) is 26.7 Å². The van der Waals surface area contributed by atoms with Gasteiger partial charge >= 0.3 is 0 Å². The van der Waals surface area contributed by atoms with Crippen LogP contribution >= 0.6 is 0 Å². The van der Waals surface area contributed by atoms with E-state index in [2.05, 4.69) is 18.9 Å². The summed E-state index contributed by atoms with van der Waals surface area (Å²) >= 11 is 0. The standard InChI is InChI=1S/C12H23NO/c1-4-11(14)9-13(3)12-8-6-5-7-10(12)2/h10,12H,4-9H2,1-3H3. The van der Waals surface area contributed by atoms with Crippen LogP contribution in [0.1, 0.15) is 46.0 Å². The van der Waals surface area contributed by atoms with Crippen LogP contribution in [0.4, 0.5) is 0 Å². The Kier molecular flexibility index (Phi) is 4.59. The summed E-state index contributed by atoms with van der Waals surface area (Å²) in [6.45, 7) is 4.91. The Morgan fingerprint density at radius 3 is 2.57 bits per heavy atom. The molecule has 0 saturated heterocycles. The third-order valence-electron chi connectivity index (χ3n) is 3.45. The highest BCUT2D eigenvalue weighted by atomic mass is 16.1. The monoisotopic (exact) mass is 197 g/mol. The molecule has 0 radical (unpaired) electrons. The molecule has 1 saturated carbocycles. The van der Waals surface area contributed by atoms with Gasteiger partial charge in [0.15, 0.2) is 0 Å². The number of hydrogen-bond donors (Lipinski definition) is 0. The zero-order valence-corrected chi connectivity index (χ0v) is 9.75. The lowest BCUT2D eigenvalue weighted by molar-refractivity contribution is -0.120. The van der Waals surface area contributed by atoms with Crippen LogP contribution in [-0.2, 0) is 4.79 Å². The average molecular weight is 197 g/mol. The molecule has 2 atom stereocenters. The van der Waals surface area contributed by atoms with Gasteiger partial charge in [0.05, 0.1) is 6.54 Å². The first-order chi connectivity index (χ1) is 6.65. The number of hydrogen-bond acceptors (Lipinski definition) is 2. The maximum atomic E-state index is 11.3. The molecule has 0 aliphatic heterocycles. The van der Waals surface area contributed by atoms with Crippen molar-refractivity contribution in [2.24, 2.45) is 5.92 Å². The van der Waals surface area contributed by atoms with Gasteiger partial charge in [-0.25, -0.2) is 0 Å². The van der Waals surface area contributed by atoms with E-state index < -0.39 is 0 Å². The summed E-state index contributed by atoms with van der Waals surface area (Å²) in [7, 11) is 2.10. The smallest absolute Gasteiger partial charge is 0.146 e. The van der Waals surface area contributed by atoms with Gasteiger partial charge in [0.25, 0.3) is 0 Å². The normalized spacial score (nSPS) is 28.0. The van der Waals surface area contributed by atoms with Crippen LogP contribution in [0, 0.1) is 5.92 Å². The van der Waals surface area contributed by atoms with E-state index in [0.717, 1.165) is 5.92 Å². The molecule has 0 aromatic carbocycles. The SMILES string of the molecule is CCC(=O)CN(C)C1CCCCC1C. The summed E-state index contributed by atoms with van der Waals surface area (Å²) in [6.07, 6.45) is 5.97. The molecule has 1 aliphatic rings. The number of rotatable bonds is 4. The highest BCUT2D eigenvalue weighted by Crippen LogP contribution is 2.27. The minimum Gasteiger partial charge on any atom is -0.298 e. The quantitative estimate of drug-likeness (QED) is 0.690. The van der Waals surface area contributed by atoms with Crippen molar-refractivity contribution in [2.75, 3.05) is 13.6 Å². The fourth-order valence-corrected chi connectivity index (χ4v) is 2.46. The summed E-state index contributed by atoms with van der Waals surface area (Å²) in [6, 6.07) is 0.638.